The second-order valence-corrected chi connectivity index (χ2v) is 6.49. The van der Waals surface area contributed by atoms with Crippen molar-refractivity contribution in [3.05, 3.63) is 27.7 Å². The van der Waals surface area contributed by atoms with Crippen molar-refractivity contribution in [2.24, 2.45) is 0 Å². The van der Waals surface area contributed by atoms with Gasteiger partial charge in [-0.1, -0.05) is 27.5 Å². The summed E-state index contributed by atoms with van der Waals surface area (Å²) in [5, 5.41) is 13.5. The molecule has 3 nitrogen and oxygen atoms in total. The highest BCUT2D eigenvalue weighted by Crippen LogP contribution is 2.27. The molecule has 0 spiro atoms. The molecule has 1 aromatic carbocycles. The van der Waals surface area contributed by atoms with Gasteiger partial charge in [-0.25, -0.2) is 0 Å². The van der Waals surface area contributed by atoms with Crippen LogP contribution in [0.1, 0.15) is 20.8 Å². The molecule has 2 N–H and O–H groups in total. The summed E-state index contributed by atoms with van der Waals surface area (Å²) in [6.07, 6.45) is -0.566. The van der Waals surface area contributed by atoms with E-state index < -0.39 is 6.10 Å². The molecular weight excluding hydrogens is 318 g/mol. The largest absolute Gasteiger partial charge is 0.489 e. The number of aliphatic hydroxyl groups excluding tert-OH is 1. The Kier molecular flexibility index (Phi) is 5.92. The Labute approximate surface area is 122 Å². The van der Waals surface area contributed by atoms with Gasteiger partial charge in [-0.05, 0) is 39.0 Å². The van der Waals surface area contributed by atoms with Crippen LogP contribution >= 0.6 is 27.5 Å². The van der Waals surface area contributed by atoms with Gasteiger partial charge in [0.2, 0.25) is 0 Å². The smallest absolute Gasteiger partial charge is 0.138 e. The van der Waals surface area contributed by atoms with Crippen LogP contribution in [-0.2, 0) is 0 Å². The maximum absolute atomic E-state index is 9.78. The summed E-state index contributed by atoms with van der Waals surface area (Å²) < 4.78 is 6.37. The average molecular weight is 337 g/mol. The van der Waals surface area contributed by atoms with Gasteiger partial charge in [0.05, 0.1) is 5.02 Å². The summed E-state index contributed by atoms with van der Waals surface area (Å²) in [5.41, 5.74) is -0.0176. The third kappa shape index (κ3) is 6.05. The maximum atomic E-state index is 9.78. The van der Waals surface area contributed by atoms with Crippen LogP contribution in [0.25, 0.3) is 0 Å². The van der Waals surface area contributed by atoms with Crippen molar-refractivity contribution in [1.29, 1.82) is 0 Å². The van der Waals surface area contributed by atoms with Crippen LogP contribution in [0.15, 0.2) is 22.7 Å². The van der Waals surface area contributed by atoms with Gasteiger partial charge in [-0.3, -0.25) is 0 Å². The van der Waals surface area contributed by atoms with Crippen molar-refractivity contribution in [2.75, 3.05) is 13.2 Å². The zero-order chi connectivity index (χ0) is 13.8. The Bertz CT molecular complexity index is 393. The first-order chi connectivity index (χ1) is 8.28. The van der Waals surface area contributed by atoms with Crippen LogP contribution < -0.4 is 10.1 Å². The van der Waals surface area contributed by atoms with Gasteiger partial charge in [0.15, 0.2) is 0 Å². The molecule has 1 unspecified atom stereocenters. The van der Waals surface area contributed by atoms with Gasteiger partial charge in [-0.15, -0.1) is 0 Å². The lowest BCUT2D eigenvalue weighted by Crippen LogP contribution is -2.42. The number of benzene rings is 1. The van der Waals surface area contributed by atoms with Crippen LogP contribution in [0.4, 0.5) is 0 Å². The van der Waals surface area contributed by atoms with E-state index in [9.17, 15) is 5.11 Å². The lowest BCUT2D eigenvalue weighted by molar-refractivity contribution is 0.100. The normalized spacial score (nSPS) is 13.4. The molecular formula is C13H19BrClNO2. The number of ether oxygens (including phenoxy) is 1. The molecule has 0 aliphatic rings. The van der Waals surface area contributed by atoms with Crippen molar-refractivity contribution in [3.8, 4) is 5.75 Å². The van der Waals surface area contributed by atoms with Crippen LogP contribution in [0.3, 0.4) is 0 Å². The number of aliphatic hydroxyl groups is 1. The van der Waals surface area contributed by atoms with Gasteiger partial charge in [0, 0.05) is 16.6 Å². The molecule has 18 heavy (non-hydrogen) atoms. The molecule has 0 amide bonds. The number of nitrogens with one attached hydrogen (secondary N) is 1. The second kappa shape index (κ2) is 6.75. The molecule has 0 aliphatic heterocycles. The summed E-state index contributed by atoms with van der Waals surface area (Å²) in [6.45, 7) is 6.84. The van der Waals surface area contributed by atoms with E-state index in [4.69, 9.17) is 16.3 Å². The minimum Gasteiger partial charge on any atom is -0.489 e. The highest BCUT2D eigenvalue weighted by molar-refractivity contribution is 9.10. The van der Waals surface area contributed by atoms with Crippen molar-refractivity contribution < 1.29 is 9.84 Å². The van der Waals surface area contributed by atoms with Crippen LogP contribution in [0, 0.1) is 0 Å². The quantitative estimate of drug-likeness (QED) is 0.867. The molecule has 0 fully saturated rings. The predicted molar refractivity (Wildman–Crippen MR) is 78.4 cm³/mol. The number of β-amino-alcohol motifs (C(OH)–C–C–N with tert-alkyl or cyclic N) is 1. The molecule has 0 saturated carbocycles. The Balaban J connectivity index is 2.40. The fraction of sp³-hybridized carbons (Fsp3) is 0.538. The minimum absolute atomic E-state index is 0.0176. The summed E-state index contributed by atoms with van der Waals surface area (Å²) in [4.78, 5) is 0. The Morgan fingerprint density at radius 1 is 1.44 bits per heavy atom. The summed E-state index contributed by atoms with van der Waals surface area (Å²) in [5.74, 6) is 0.578. The number of hydrogen-bond acceptors (Lipinski definition) is 3. The molecule has 0 saturated heterocycles. The first kappa shape index (κ1) is 15.8. The zero-order valence-corrected chi connectivity index (χ0v) is 13.2. The summed E-state index contributed by atoms with van der Waals surface area (Å²) in [6, 6.07) is 5.38. The molecule has 102 valence electrons. The summed E-state index contributed by atoms with van der Waals surface area (Å²) in [7, 11) is 0. The Morgan fingerprint density at radius 2 is 2.11 bits per heavy atom. The van der Waals surface area contributed by atoms with E-state index in [0.717, 1.165) is 4.47 Å². The first-order valence-electron chi connectivity index (χ1n) is 5.79. The van der Waals surface area contributed by atoms with Crippen molar-refractivity contribution in [2.45, 2.75) is 32.4 Å². The van der Waals surface area contributed by atoms with Crippen molar-refractivity contribution >= 4 is 27.5 Å². The highest BCUT2D eigenvalue weighted by Gasteiger charge is 2.13. The zero-order valence-electron chi connectivity index (χ0n) is 10.8. The number of rotatable bonds is 5. The van der Waals surface area contributed by atoms with Gasteiger partial charge in [-0.2, -0.15) is 0 Å². The van der Waals surface area contributed by atoms with Crippen LogP contribution in [0.2, 0.25) is 5.02 Å². The molecule has 0 aromatic heterocycles. The molecule has 1 atom stereocenters. The highest BCUT2D eigenvalue weighted by atomic mass is 79.9. The molecule has 1 aromatic rings. The lowest BCUT2D eigenvalue weighted by Gasteiger charge is -2.23. The molecule has 0 heterocycles. The standard InChI is InChI=1S/C13H19BrClNO2/c1-13(2,3)16-7-10(17)8-18-12-5-4-9(14)6-11(12)15/h4-6,10,16-17H,7-8H2,1-3H3. The van der Waals surface area contributed by atoms with Gasteiger partial charge in [0.1, 0.15) is 18.5 Å². The monoisotopic (exact) mass is 335 g/mol. The van der Waals surface area contributed by atoms with Gasteiger partial charge >= 0.3 is 0 Å². The topological polar surface area (TPSA) is 41.5 Å². The molecule has 0 bridgehead atoms. The summed E-state index contributed by atoms with van der Waals surface area (Å²) >= 11 is 9.33. The second-order valence-electron chi connectivity index (χ2n) is 5.17. The SMILES string of the molecule is CC(C)(C)NCC(O)COc1ccc(Br)cc1Cl. The van der Waals surface area contributed by atoms with Gasteiger partial charge < -0.3 is 15.2 Å². The minimum atomic E-state index is -0.566. The molecule has 1 rings (SSSR count). The molecule has 0 aliphatic carbocycles. The maximum Gasteiger partial charge on any atom is 0.138 e. The van der Waals surface area contributed by atoms with E-state index in [-0.39, 0.29) is 12.1 Å². The predicted octanol–water partition coefficient (Wildman–Crippen LogP) is 3.23. The third-order valence-corrected chi connectivity index (χ3v) is 2.98. The van der Waals surface area contributed by atoms with Crippen LogP contribution in [0.5, 0.6) is 5.75 Å². The van der Waals surface area contributed by atoms with Crippen LogP contribution in [-0.4, -0.2) is 29.9 Å². The Hall–Kier alpha value is -0.290. The Morgan fingerprint density at radius 3 is 2.67 bits per heavy atom. The first-order valence-corrected chi connectivity index (χ1v) is 6.96. The lowest BCUT2D eigenvalue weighted by atomic mass is 10.1. The van der Waals surface area contributed by atoms with E-state index in [1.165, 1.54) is 0 Å². The average Bonchev–Trinajstić information content (AvgIpc) is 2.24. The van der Waals surface area contributed by atoms with E-state index in [1.54, 1.807) is 12.1 Å². The van der Waals surface area contributed by atoms with Crippen molar-refractivity contribution in [3.63, 3.8) is 0 Å². The van der Waals surface area contributed by atoms with E-state index >= 15 is 0 Å². The van der Waals surface area contributed by atoms with Crippen molar-refractivity contribution in [1.82, 2.24) is 5.32 Å². The van der Waals surface area contributed by atoms with Gasteiger partial charge in [0.25, 0.3) is 0 Å². The number of hydrogen-bond donors (Lipinski definition) is 2. The molecule has 0 radical (unpaired) electrons. The van der Waals surface area contributed by atoms with E-state index in [0.29, 0.717) is 17.3 Å². The fourth-order valence-electron chi connectivity index (χ4n) is 1.26. The molecule has 5 heteroatoms. The number of halogens is 2. The fourth-order valence-corrected chi connectivity index (χ4v) is 1.99. The third-order valence-electron chi connectivity index (χ3n) is 2.19. The van der Waals surface area contributed by atoms with E-state index in [2.05, 4.69) is 21.2 Å². The van der Waals surface area contributed by atoms with E-state index in [1.807, 2.05) is 26.8 Å².